The van der Waals surface area contributed by atoms with Crippen LogP contribution in [0.2, 0.25) is 0 Å². The van der Waals surface area contributed by atoms with Crippen molar-refractivity contribution >= 4 is 40.9 Å². The molecule has 29 heavy (non-hydrogen) atoms. The first kappa shape index (κ1) is 19.4. The van der Waals surface area contributed by atoms with Crippen LogP contribution in [-0.2, 0) is 24.5 Å². The van der Waals surface area contributed by atoms with E-state index in [2.05, 4.69) is 18.8 Å². The zero-order valence-electron chi connectivity index (χ0n) is 16.8. The summed E-state index contributed by atoms with van der Waals surface area (Å²) in [6.07, 6.45) is 0.578. The molecular weight excluding hydrogens is 412 g/mol. The molecule has 0 aromatic carbocycles. The smallest absolute Gasteiger partial charge is 0.326 e. The van der Waals surface area contributed by atoms with Crippen LogP contribution < -0.4 is 4.87 Å². The third-order valence-corrected chi connectivity index (χ3v) is 9.94. The molecule has 3 heterocycles. The van der Waals surface area contributed by atoms with E-state index in [9.17, 15) is 19.2 Å². The molecule has 1 N–H and O–H groups in total. The molecule has 0 spiro atoms. The van der Waals surface area contributed by atoms with Crippen molar-refractivity contribution in [1.29, 1.82) is 0 Å². The maximum absolute atomic E-state index is 13.2. The number of nitrogens with one attached hydrogen (secondary N) is 1. The fourth-order valence-electron chi connectivity index (χ4n) is 6.30. The molecule has 2 saturated carbocycles. The lowest BCUT2D eigenvalue weighted by Crippen LogP contribution is -2.48. The van der Waals surface area contributed by atoms with Crippen LogP contribution in [0.4, 0.5) is 0 Å². The zero-order valence-corrected chi connectivity index (χ0v) is 18.4. The van der Waals surface area contributed by atoms with Crippen LogP contribution in [-0.4, -0.2) is 45.6 Å². The predicted octanol–water partition coefficient (Wildman–Crippen LogP) is 2.01. The quantitative estimate of drug-likeness (QED) is 0.575. The number of hydrogen-bond acceptors (Lipinski definition) is 7. The molecule has 2 aliphatic carbocycles. The lowest BCUT2D eigenvalue weighted by Gasteiger charge is -2.47. The lowest BCUT2D eigenvalue weighted by atomic mass is 9.64. The summed E-state index contributed by atoms with van der Waals surface area (Å²) in [5.74, 6) is -1.26. The maximum Gasteiger partial charge on any atom is 0.326 e. The highest BCUT2D eigenvalue weighted by molar-refractivity contribution is 8.00. The first-order valence-corrected chi connectivity index (χ1v) is 11.8. The van der Waals surface area contributed by atoms with Crippen molar-refractivity contribution in [2.75, 3.05) is 6.54 Å². The topological polar surface area (TPSA) is 96.5 Å². The number of rotatable bonds is 3. The molecule has 6 atom stereocenters. The Morgan fingerprint density at radius 1 is 1.21 bits per heavy atom. The number of esters is 1. The number of carbonyl (C=O) groups excluding carboxylic acids is 3. The fraction of sp³-hybridized carbons (Fsp3) is 0.700. The highest BCUT2D eigenvalue weighted by Crippen LogP contribution is 2.68. The van der Waals surface area contributed by atoms with Gasteiger partial charge in [0.05, 0.1) is 23.0 Å². The lowest BCUT2D eigenvalue weighted by molar-refractivity contribution is -0.155. The second kappa shape index (κ2) is 6.20. The third-order valence-electron chi connectivity index (χ3n) is 7.14. The van der Waals surface area contributed by atoms with Crippen LogP contribution in [0.15, 0.2) is 9.82 Å². The number of hydrogen-bond donors (Lipinski definition) is 1. The van der Waals surface area contributed by atoms with Gasteiger partial charge in [-0.3, -0.25) is 24.1 Å². The van der Waals surface area contributed by atoms with Crippen molar-refractivity contribution in [2.45, 2.75) is 55.9 Å². The van der Waals surface area contributed by atoms with Crippen LogP contribution in [0.25, 0.3) is 0 Å². The first-order valence-electron chi connectivity index (χ1n) is 10.1. The average molecular weight is 437 g/mol. The van der Waals surface area contributed by atoms with Crippen molar-refractivity contribution in [3.05, 3.63) is 14.5 Å². The van der Waals surface area contributed by atoms with Gasteiger partial charge in [0.25, 0.3) is 0 Å². The summed E-state index contributed by atoms with van der Waals surface area (Å²) in [6, 6.07) is 0. The summed E-state index contributed by atoms with van der Waals surface area (Å²) in [6.45, 7) is 7.50. The van der Waals surface area contributed by atoms with Gasteiger partial charge >= 0.3 is 10.8 Å². The molecule has 0 radical (unpaired) electrons. The van der Waals surface area contributed by atoms with Crippen LogP contribution >= 0.6 is 23.1 Å². The van der Waals surface area contributed by atoms with Gasteiger partial charge in [-0.1, -0.05) is 25.2 Å². The summed E-state index contributed by atoms with van der Waals surface area (Å²) < 4.78 is 5.15. The van der Waals surface area contributed by atoms with Crippen molar-refractivity contribution in [1.82, 2.24) is 9.88 Å². The summed E-state index contributed by atoms with van der Waals surface area (Å²) in [5, 5.41) is 1.12. The van der Waals surface area contributed by atoms with Crippen LogP contribution in [0, 0.1) is 29.6 Å². The number of likely N-dealkylation sites (tertiary alicyclic amines) is 1. The molecule has 1 aromatic heterocycles. The van der Waals surface area contributed by atoms with Gasteiger partial charge in [-0.2, -0.15) is 0 Å². The minimum atomic E-state index is -0.541. The highest BCUT2D eigenvalue weighted by Gasteiger charge is 2.70. The minimum Gasteiger partial charge on any atom is -0.462 e. The van der Waals surface area contributed by atoms with E-state index in [1.807, 2.05) is 0 Å². The number of nitrogens with zero attached hydrogens (tertiary/aromatic N) is 1. The Kier molecular flexibility index (Phi) is 4.14. The summed E-state index contributed by atoms with van der Waals surface area (Å²) in [4.78, 5) is 55.5. The molecule has 1 saturated heterocycles. The Hall–Kier alpha value is -1.61. The number of ether oxygens (including phenoxy) is 1. The second-order valence-corrected chi connectivity index (χ2v) is 11.6. The predicted molar refractivity (Wildman–Crippen MR) is 108 cm³/mol. The number of carbonyl (C=O) groups is 3. The largest absolute Gasteiger partial charge is 0.462 e. The standard InChI is InChI=1S/C20H24N2O5S2/c1-7(2)27-10(23)6-22-17(24)11-8-5-9(12(11)18(22)25)14-13(8)20(3,4)15-16(28-14)21-19(26)29-15/h7-9,11-14H,5-6H2,1-4H3,(H,21,26). The molecule has 2 amide bonds. The van der Waals surface area contributed by atoms with E-state index < -0.39 is 5.97 Å². The minimum absolute atomic E-state index is 0.0508. The van der Waals surface area contributed by atoms with Gasteiger partial charge in [-0.25, -0.2) is 0 Å². The fourth-order valence-corrected chi connectivity index (χ4v) is 9.45. The summed E-state index contributed by atoms with van der Waals surface area (Å²) >= 11 is 2.93. The van der Waals surface area contributed by atoms with Gasteiger partial charge in [0.1, 0.15) is 6.54 Å². The molecule has 5 rings (SSSR count). The van der Waals surface area contributed by atoms with Gasteiger partial charge in [0, 0.05) is 15.5 Å². The molecule has 7 nitrogen and oxygen atoms in total. The monoisotopic (exact) mass is 436 g/mol. The van der Waals surface area contributed by atoms with E-state index in [-0.39, 0.29) is 69.6 Å². The van der Waals surface area contributed by atoms with E-state index in [4.69, 9.17) is 4.74 Å². The van der Waals surface area contributed by atoms with E-state index >= 15 is 0 Å². The molecule has 2 bridgehead atoms. The Morgan fingerprint density at radius 3 is 2.52 bits per heavy atom. The van der Waals surface area contributed by atoms with Gasteiger partial charge in [-0.15, -0.1) is 11.8 Å². The first-order chi connectivity index (χ1) is 13.6. The number of aromatic amines is 1. The number of thiazole rings is 1. The van der Waals surface area contributed by atoms with Crippen LogP contribution in [0.1, 0.15) is 39.0 Å². The average Bonchev–Trinajstić information content (AvgIpc) is 3.32. The molecule has 9 heteroatoms. The van der Waals surface area contributed by atoms with E-state index in [1.54, 1.807) is 25.6 Å². The number of imide groups is 1. The third kappa shape index (κ3) is 2.55. The van der Waals surface area contributed by atoms with Crippen LogP contribution in [0.3, 0.4) is 0 Å². The van der Waals surface area contributed by atoms with E-state index in [0.29, 0.717) is 0 Å². The van der Waals surface area contributed by atoms with Crippen molar-refractivity contribution in [2.24, 2.45) is 29.6 Å². The van der Waals surface area contributed by atoms with Gasteiger partial charge < -0.3 is 9.72 Å². The molecule has 4 aliphatic rings. The van der Waals surface area contributed by atoms with Gasteiger partial charge in [0.2, 0.25) is 11.8 Å². The molecule has 6 unspecified atom stereocenters. The number of H-pyrrole nitrogens is 1. The van der Waals surface area contributed by atoms with Crippen molar-refractivity contribution < 1.29 is 19.1 Å². The molecule has 1 aromatic rings. The van der Waals surface area contributed by atoms with E-state index in [0.717, 1.165) is 21.2 Å². The van der Waals surface area contributed by atoms with Gasteiger partial charge in [0.15, 0.2) is 0 Å². The Bertz CT molecular complexity index is 980. The Balaban J connectivity index is 1.46. The Labute approximate surface area is 176 Å². The van der Waals surface area contributed by atoms with Crippen LogP contribution in [0.5, 0.6) is 0 Å². The molecule has 2 aliphatic heterocycles. The van der Waals surface area contributed by atoms with Gasteiger partial charge in [-0.05, 0) is 38.0 Å². The van der Waals surface area contributed by atoms with Crippen molar-refractivity contribution in [3.8, 4) is 0 Å². The van der Waals surface area contributed by atoms with Crippen molar-refractivity contribution in [3.63, 3.8) is 0 Å². The second-order valence-electron chi connectivity index (χ2n) is 9.42. The molecular formula is C20H24N2O5S2. The number of fused-ring (bicyclic) bond motifs is 9. The summed E-state index contributed by atoms with van der Waals surface area (Å²) in [7, 11) is 0. The van der Waals surface area contributed by atoms with E-state index in [1.165, 1.54) is 11.3 Å². The maximum atomic E-state index is 13.2. The number of aromatic nitrogens is 1. The molecule has 156 valence electrons. The Morgan fingerprint density at radius 2 is 1.86 bits per heavy atom. The number of amides is 2. The molecule has 3 fully saturated rings. The zero-order chi connectivity index (χ0) is 20.8. The normalized spacial score (nSPS) is 36.4. The highest BCUT2D eigenvalue weighted by atomic mass is 32.2. The summed E-state index contributed by atoms with van der Waals surface area (Å²) in [5.41, 5.74) is -0.229. The number of thioether (sulfide) groups is 1. The SMILES string of the molecule is CC(C)OC(=O)CN1C(=O)C2C3CC(C2C1=O)C1C3Sc2[nH]c(=O)sc2C1(C)C.